The number of amides is 1. The van der Waals surface area contributed by atoms with Gasteiger partial charge in [0.2, 0.25) is 0 Å². The number of benzene rings is 1. The summed E-state index contributed by atoms with van der Waals surface area (Å²) < 4.78 is 25.5. The van der Waals surface area contributed by atoms with Gasteiger partial charge in [-0.15, -0.1) is 0 Å². The van der Waals surface area contributed by atoms with Gasteiger partial charge in [-0.05, 0) is 12.1 Å². The molecule has 0 aromatic heterocycles. The molecule has 0 heterocycles. The molecule has 0 aliphatic rings. The number of carbonyl (C=O) groups excluding carboxylic acids is 1. The van der Waals surface area contributed by atoms with Gasteiger partial charge in [0.1, 0.15) is 0 Å². The van der Waals surface area contributed by atoms with Crippen molar-refractivity contribution >= 4 is 11.9 Å². The van der Waals surface area contributed by atoms with Gasteiger partial charge in [-0.25, -0.2) is 13.6 Å². The lowest BCUT2D eigenvalue weighted by Gasteiger charge is -2.04. The average molecular weight is 226 g/mol. The first-order chi connectivity index (χ1) is 7.47. The van der Waals surface area contributed by atoms with Crippen LogP contribution in [0.4, 0.5) is 8.78 Å². The van der Waals surface area contributed by atoms with Crippen molar-refractivity contribution in [3.05, 3.63) is 34.9 Å². The molecule has 2 N–H and O–H groups in total. The number of carbonyl (C=O) groups is 2. The van der Waals surface area contributed by atoms with Crippen LogP contribution < -0.4 is 5.32 Å². The number of halogens is 2. The molecule has 1 aromatic carbocycles. The van der Waals surface area contributed by atoms with Gasteiger partial charge in [0.25, 0.3) is 5.91 Å². The molecule has 0 radical (unpaired) electrons. The van der Waals surface area contributed by atoms with E-state index in [0.717, 1.165) is 0 Å². The molecule has 0 unspecified atom stereocenters. The fourth-order valence-electron chi connectivity index (χ4n) is 1.03. The Morgan fingerprint density at radius 1 is 1.25 bits per heavy atom. The molecule has 0 atom stereocenters. The molecule has 0 spiro atoms. The highest BCUT2D eigenvalue weighted by atomic mass is 19.2. The van der Waals surface area contributed by atoms with Crippen molar-refractivity contribution in [1.82, 2.24) is 5.32 Å². The van der Waals surface area contributed by atoms with Crippen LogP contribution in [0.15, 0.2) is 12.1 Å². The van der Waals surface area contributed by atoms with Crippen molar-refractivity contribution in [2.45, 2.75) is 0 Å². The highest BCUT2D eigenvalue weighted by molar-refractivity contribution is 6.05. The predicted molar refractivity (Wildman–Crippen MR) is 46.4 cm³/mol. The minimum Gasteiger partial charge on any atom is -0.478 e. The number of nitriles is 1. The number of nitrogens with zero attached hydrogens (tertiary/aromatic N) is 1. The number of hydrogen-bond acceptors (Lipinski definition) is 3. The van der Waals surface area contributed by atoms with Crippen LogP contribution in [0.5, 0.6) is 0 Å². The van der Waals surface area contributed by atoms with Crippen LogP contribution in [0.25, 0.3) is 0 Å². The summed E-state index contributed by atoms with van der Waals surface area (Å²) in [5, 5.41) is 18.4. The molecule has 1 aromatic rings. The van der Waals surface area contributed by atoms with E-state index in [0.29, 0.717) is 12.1 Å². The molecule has 7 heteroatoms. The molecule has 5 nitrogen and oxygen atoms in total. The highest BCUT2D eigenvalue weighted by Crippen LogP contribution is 2.15. The summed E-state index contributed by atoms with van der Waals surface area (Å²) in [4.78, 5) is 21.8. The van der Waals surface area contributed by atoms with Crippen molar-refractivity contribution in [1.29, 1.82) is 5.26 Å². The Kier molecular flexibility index (Phi) is 3.15. The molecule has 0 bridgehead atoms. The van der Waals surface area contributed by atoms with E-state index >= 15 is 0 Å². The van der Waals surface area contributed by atoms with Gasteiger partial charge in [0, 0.05) is 0 Å². The third-order valence-corrected chi connectivity index (χ3v) is 1.70. The van der Waals surface area contributed by atoms with Gasteiger partial charge in [-0.3, -0.25) is 10.1 Å². The maximum atomic E-state index is 12.8. The van der Waals surface area contributed by atoms with Crippen molar-refractivity contribution in [2.75, 3.05) is 0 Å². The van der Waals surface area contributed by atoms with Crippen LogP contribution >= 0.6 is 0 Å². The van der Waals surface area contributed by atoms with Gasteiger partial charge >= 0.3 is 5.97 Å². The summed E-state index contributed by atoms with van der Waals surface area (Å²) in [5.41, 5.74) is -1.33. The first-order valence-electron chi connectivity index (χ1n) is 3.89. The minimum atomic E-state index is -1.60. The van der Waals surface area contributed by atoms with E-state index < -0.39 is 34.6 Å². The lowest BCUT2D eigenvalue weighted by molar-refractivity contribution is 0.0690. The predicted octanol–water partition coefficient (Wildman–Crippen LogP) is 0.874. The molecule has 82 valence electrons. The van der Waals surface area contributed by atoms with E-state index in [1.807, 2.05) is 0 Å². The summed E-state index contributed by atoms with van der Waals surface area (Å²) in [7, 11) is 0. The Labute approximate surface area is 87.9 Å². The largest absolute Gasteiger partial charge is 0.478 e. The third kappa shape index (κ3) is 2.12. The lowest BCUT2D eigenvalue weighted by atomic mass is 10.1. The van der Waals surface area contributed by atoms with Crippen LogP contribution in [0.2, 0.25) is 0 Å². The van der Waals surface area contributed by atoms with Crippen molar-refractivity contribution < 1.29 is 23.5 Å². The van der Waals surface area contributed by atoms with Crippen molar-refractivity contribution in [3.8, 4) is 6.19 Å². The molecular formula is C9H4F2N2O3. The number of hydrogen-bond donors (Lipinski definition) is 2. The molecule has 0 aliphatic heterocycles. The van der Waals surface area contributed by atoms with Crippen LogP contribution in [-0.4, -0.2) is 17.0 Å². The monoisotopic (exact) mass is 226 g/mol. The van der Waals surface area contributed by atoms with E-state index in [9.17, 15) is 18.4 Å². The van der Waals surface area contributed by atoms with Gasteiger partial charge in [0.05, 0.1) is 11.1 Å². The molecule has 0 fully saturated rings. The van der Waals surface area contributed by atoms with Gasteiger partial charge in [-0.2, -0.15) is 5.26 Å². The number of carboxylic acids is 1. The summed E-state index contributed by atoms with van der Waals surface area (Å²) >= 11 is 0. The van der Waals surface area contributed by atoms with E-state index in [-0.39, 0.29) is 0 Å². The van der Waals surface area contributed by atoms with Crippen LogP contribution in [0.1, 0.15) is 20.7 Å². The Hall–Kier alpha value is -2.49. The van der Waals surface area contributed by atoms with Crippen LogP contribution in [-0.2, 0) is 0 Å². The molecule has 0 saturated heterocycles. The van der Waals surface area contributed by atoms with Crippen molar-refractivity contribution in [3.63, 3.8) is 0 Å². The molecule has 0 aliphatic carbocycles. The van der Waals surface area contributed by atoms with Gasteiger partial charge < -0.3 is 5.11 Å². The Balaban J connectivity index is 3.37. The smallest absolute Gasteiger partial charge is 0.336 e. The molecule has 1 amide bonds. The maximum Gasteiger partial charge on any atom is 0.336 e. The minimum absolute atomic E-state index is 0.379. The fourth-order valence-corrected chi connectivity index (χ4v) is 1.03. The van der Waals surface area contributed by atoms with E-state index in [4.69, 9.17) is 10.4 Å². The summed E-state index contributed by atoms with van der Waals surface area (Å²) in [6.45, 7) is 0. The molecule has 16 heavy (non-hydrogen) atoms. The molecule has 1 rings (SSSR count). The Morgan fingerprint density at radius 3 is 2.19 bits per heavy atom. The van der Waals surface area contributed by atoms with E-state index in [1.165, 1.54) is 6.19 Å². The molecule has 0 saturated carbocycles. The van der Waals surface area contributed by atoms with Crippen molar-refractivity contribution in [2.24, 2.45) is 0 Å². The zero-order chi connectivity index (χ0) is 12.3. The highest BCUT2D eigenvalue weighted by Gasteiger charge is 2.20. The second-order valence-corrected chi connectivity index (χ2v) is 2.68. The first-order valence-corrected chi connectivity index (χ1v) is 3.89. The van der Waals surface area contributed by atoms with Crippen LogP contribution in [0, 0.1) is 23.1 Å². The standard InChI is InChI=1S/C9H4F2N2O3/c10-6-1-4(8(14)13-3-12)5(9(15)16)2-7(6)11/h1-2H,(H,13,14)(H,15,16). The number of rotatable bonds is 2. The SMILES string of the molecule is N#CNC(=O)c1cc(F)c(F)cc1C(=O)O. The normalized spacial score (nSPS) is 9.31. The number of carboxylic acid groups (broad SMARTS) is 1. The summed E-state index contributed by atoms with van der Waals surface area (Å²) in [6, 6.07) is 0.801. The second kappa shape index (κ2) is 4.35. The Morgan fingerprint density at radius 2 is 1.75 bits per heavy atom. The van der Waals surface area contributed by atoms with Gasteiger partial charge in [0.15, 0.2) is 17.8 Å². The van der Waals surface area contributed by atoms with E-state index in [2.05, 4.69) is 0 Å². The summed E-state index contributed by atoms with van der Waals surface area (Å²) in [5.74, 6) is -5.46. The lowest BCUT2D eigenvalue weighted by Crippen LogP contribution is -2.21. The maximum absolute atomic E-state index is 12.8. The first kappa shape index (κ1) is 11.6. The molecular weight excluding hydrogens is 222 g/mol. The number of aromatic carboxylic acids is 1. The Bertz CT molecular complexity index is 508. The zero-order valence-corrected chi connectivity index (χ0v) is 7.62. The summed E-state index contributed by atoms with van der Waals surface area (Å²) in [6.07, 6.45) is 1.26. The topological polar surface area (TPSA) is 90.2 Å². The van der Waals surface area contributed by atoms with Crippen LogP contribution in [0.3, 0.4) is 0 Å². The third-order valence-electron chi connectivity index (χ3n) is 1.70. The fraction of sp³-hybridized carbons (Fsp3) is 0. The quantitative estimate of drug-likeness (QED) is 0.578. The van der Waals surface area contributed by atoms with E-state index in [1.54, 1.807) is 5.32 Å². The van der Waals surface area contributed by atoms with Gasteiger partial charge in [-0.1, -0.05) is 0 Å². The average Bonchev–Trinajstić information content (AvgIpc) is 2.21. The number of nitrogens with one attached hydrogen (secondary N) is 1. The zero-order valence-electron chi connectivity index (χ0n) is 7.62. The second-order valence-electron chi connectivity index (χ2n) is 2.68.